The van der Waals surface area contributed by atoms with Gasteiger partial charge in [-0.25, -0.2) is 0 Å². The smallest absolute Gasteiger partial charge is 0.253 e. The fourth-order valence-corrected chi connectivity index (χ4v) is 3.37. The Kier molecular flexibility index (Phi) is 6.32. The van der Waals surface area contributed by atoms with Gasteiger partial charge in [-0.15, -0.1) is 0 Å². The summed E-state index contributed by atoms with van der Waals surface area (Å²) in [6, 6.07) is 14.7. The molecular formula is C19H20Cl2N2O2. The molecule has 0 radical (unpaired) electrons. The van der Waals surface area contributed by atoms with Gasteiger partial charge < -0.3 is 10.1 Å². The third kappa shape index (κ3) is 4.95. The normalized spacial score (nSPS) is 16.4. The molecule has 1 aliphatic rings. The number of rotatable bonds is 5. The number of nitrogens with zero attached hydrogens (tertiary/aromatic N) is 1. The number of ether oxygens (including phenoxy) is 1. The van der Waals surface area contributed by atoms with Gasteiger partial charge in [0, 0.05) is 24.7 Å². The molecule has 2 aromatic carbocycles. The van der Waals surface area contributed by atoms with E-state index in [4.69, 9.17) is 27.9 Å². The fraction of sp³-hybridized carbons (Fsp3) is 0.316. The summed E-state index contributed by atoms with van der Waals surface area (Å²) in [5.41, 5.74) is 1.49. The zero-order valence-corrected chi connectivity index (χ0v) is 15.3. The first kappa shape index (κ1) is 18.2. The second-order valence-corrected chi connectivity index (χ2v) is 6.82. The molecule has 1 fully saturated rings. The molecule has 3 rings (SSSR count). The molecule has 0 aromatic heterocycles. The van der Waals surface area contributed by atoms with Crippen molar-refractivity contribution in [3.63, 3.8) is 0 Å². The Morgan fingerprint density at radius 3 is 2.52 bits per heavy atom. The van der Waals surface area contributed by atoms with Crippen LogP contribution in [-0.4, -0.2) is 43.7 Å². The minimum atomic E-state index is -0.205. The topological polar surface area (TPSA) is 41.6 Å². The molecule has 1 saturated heterocycles. The lowest BCUT2D eigenvalue weighted by atomic mass is 10.1. The highest BCUT2D eigenvalue weighted by Gasteiger charge is 2.21. The first-order chi connectivity index (χ1) is 12.1. The van der Waals surface area contributed by atoms with Gasteiger partial charge in [0.15, 0.2) is 0 Å². The zero-order chi connectivity index (χ0) is 17.6. The largest absolute Gasteiger partial charge is 0.379 e. The number of carbonyl (C=O) groups is 1. The Morgan fingerprint density at radius 2 is 1.84 bits per heavy atom. The van der Waals surface area contributed by atoms with Crippen molar-refractivity contribution in [2.75, 3.05) is 32.8 Å². The average molecular weight is 379 g/mol. The van der Waals surface area contributed by atoms with Gasteiger partial charge in [0.25, 0.3) is 5.91 Å². The first-order valence-corrected chi connectivity index (χ1v) is 9.00. The number of morpholine rings is 1. The Balaban J connectivity index is 1.77. The van der Waals surface area contributed by atoms with E-state index in [1.807, 2.05) is 30.3 Å². The number of amides is 1. The van der Waals surface area contributed by atoms with Gasteiger partial charge in [-0.05, 0) is 23.8 Å². The van der Waals surface area contributed by atoms with Crippen LogP contribution in [0.2, 0.25) is 10.0 Å². The van der Waals surface area contributed by atoms with Gasteiger partial charge in [-0.1, -0.05) is 53.5 Å². The predicted molar refractivity (Wildman–Crippen MR) is 100 cm³/mol. The Hall–Kier alpha value is -1.59. The van der Waals surface area contributed by atoms with Gasteiger partial charge in [0.1, 0.15) is 0 Å². The molecule has 1 aliphatic heterocycles. The standard InChI is InChI=1S/C19H20Cl2N2O2/c20-15-6-7-16(17(21)12-15)19(24)22-18(14-4-2-1-3-5-14)13-23-8-10-25-11-9-23/h1-7,12,18H,8-11,13H2,(H,22,24)/t18-/m0/s1. The lowest BCUT2D eigenvalue weighted by Gasteiger charge is -2.31. The van der Waals surface area contributed by atoms with Crippen molar-refractivity contribution in [1.82, 2.24) is 10.2 Å². The molecule has 6 heteroatoms. The molecule has 132 valence electrons. The maximum absolute atomic E-state index is 12.7. The summed E-state index contributed by atoms with van der Waals surface area (Å²) in [6.07, 6.45) is 0. The molecule has 1 N–H and O–H groups in total. The number of halogens is 2. The van der Waals surface area contributed by atoms with Crippen LogP contribution >= 0.6 is 23.2 Å². The van der Waals surface area contributed by atoms with Crippen molar-refractivity contribution in [1.29, 1.82) is 0 Å². The molecule has 0 spiro atoms. The maximum atomic E-state index is 12.7. The number of hydrogen-bond donors (Lipinski definition) is 1. The minimum absolute atomic E-state index is 0.126. The summed E-state index contributed by atoms with van der Waals surface area (Å²) in [6.45, 7) is 3.89. The van der Waals surface area contributed by atoms with Crippen molar-refractivity contribution in [3.8, 4) is 0 Å². The Morgan fingerprint density at radius 1 is 1.12 bits per heavy atom. The van der Waals surface area contributed by atoms with Crippen LogP contribution in [0.15, 0.2) is 48.5 Å². The Bertz CT molecular complexity index is 719. The molecule has 1 heterocycles. The van der Waals surface area contributed by atoms with Gasteiger partial charge in [0.2, 0.25) is 0 Å². The Labute approximate surface area is 157 Å². The molecule has 0 aliphatic carbocycles. The summed E-state index contributed by atoms with van der Waals surface area (Å²) in [5.74, 6) is -0.205. The van der Waals surface area contributed by atoms with Gasteiger partial charge >= 0.3 is 0 Å². The van der Waals surface area contributed by atoms with E-state index in [2.05, 4.69) is 10.2 Å². The van der Waals surface area contributed by atoms with E-state index in [9.17, 15) is 4.79 Å². The van der Waals surface area contributed by atoms with Crippen LogP contribution in [0.4, 0.5) is 0 Å². The van der Waals surface area contributed by atoms with Gasteiger partial charge in [-0.3, -0.25) is 9.69 Å². The highest BCUT2D eigenvalue weighted by atomic mass is 35.5. The van der Waals surface area contributed by atoms with Crippen molar-refractivity contribution >= 4 is 29.1 Å². The van der Waals surface area contributed by atoms with Crippen LogP contribution < -0.4 is 5.32 Å². The number of nitrogens with one attached hydrogen (secondary N) is 1. The van der Waals surface area contributed by atoms with E-state index >= 15 is 0 Å². The monoisotopic (exact) mass is 378 g/mol. The predicted octanol–water partition coefficient (Wildman–Crippen LogP) is 3.80. The highest BCUT2D eigenvalue weighted by Crippen LogP contribution is 2.22. The SMILES string of the molecule is O=C(N[C@@H](CN1CCOCC1)c1ccccc1)c1ccc(Cl)cc1Cl. The summed E-state index contributed by atoms with van der Waals surface area (Å²) in [5, 5.41) is 3.97. The first-order valence-electron chi connectivity index (χ1n) is 8.24. The van der Waals surface area contributed by atoms with Crippen molar-refractivity contribution in [2.24, 2.45) is 0 Å². The lowest BCUT2D eigenvalue weighted by molar-refractivity contribution is 0.0332. The number of benzene rings is 2. The molecule has 1 amide bonds. The summed E-state index contributed by atoms with van der Waals surface area (Å²) in [7, 11) is 0. The summed E-state index contributed by atoms with van der Waals surface area (Å²) >= 11 is 12.1. The van der Waals surface area contributed by atoms with Crippen LogP contribution in [0.3, 0.4) is 0 Å². The highest BCUT2D eigenvalue weighted by molar-refractivity contribution is 6.36. The van der Waals surface area contributed by atoms with Crippen LogP contribution in [0.1, 0.15) is 22.0 Å². The molecule has 2 aromatic rings. The molecule has 0 unspecified atom stereocenters. The lowest BCUT2D eigenvalue weighted by Crippen LogP contribution is -2.43. The molecule has 25 heavy (non-hydrogen) atoms. The van der Waals surface area contributed by atoms with E-state index in [0.29, 0.717) is 15.6 Å². The van der Waals surface area contributed by atoms with E-state index in [1.165, 1.54) is 0 Å². The summed E-state index contributed by atoms with van der Waals surface area (Å²) < 4.78 is 5.41. The third-order valence-electron chi connectivity index (χ3n) is 4.23. The van der Waals surface area contributed by atoms with Crippen LogP contribution in [-0.2, 0) is 4.74 Å². The molecule has 0 bridgehead atoms. The van der Waals surface area contributed by atoms with Crippen molar-refractivity contribution < 1.29 is 9.53 Å². The third-order valence-corrected chi connectivity index (χ3v) is 4.78. The molecule has 1 atom stereocenters. The minimum Gasteiger partial charge on any atom is -0.379 e. The van der Waals surface area contributed by atoms with E-state index in [1.54, 1.807) is 18.2 Å². The van der Waals surface area contributed by atoms with Gasteiger partial charge in [0.05, 0.1) is 29.8 Å². The van der Waals surface area contributed by atoms with Crippen molar-refractivity contribution in [2.45, 2.75) is 6.04 Å². The zero-order valence-electron chi connectivity index (χ0n) is 13.8. The average Bonchev–Trinajstić information content (AvgIpc) is 2.62. The van der Waals surface area contributed by atoms with Crippen molar-refractivity contribution in [3.05, 3.63) is 69.7 Å². The fourth-order valence-electron chi connectivity index (χ4n) is 2.87. The van der Waals surface area contributed by atoms with Crippen LogP contribution in [0.25, 0.3) is 0 Å². The van der Waals surface area contributed by atoms with Gasteiger partial charge in [-0.2, -0.15) is 0 Å². The molecular weight excluding hydrogens is 359 g/mol. The van der Waals surface area contributed by atoms with Crippen LogP contribution in [0, 0.1) is 0 Å². The van der Waals surface area contributed by atoms with E-state index in [0.717, 1.165) is 38.4 Å². The van der Waals surface area contributed by atoms with E-state index < -0.39 is 0 Å². The molecule has 0 saturated carbocycles. The number of carbonyl (C=O) groups excluding carboxylic acids is 1. The van der Waals surface area contributed by atoms with E-state index in [-0.39, 0.29) is 11.9 Å². The van der Waals surface area contributed by atoms with Crippen LogP contribution in [0.5, 0.6) is 0 Å². The quantitative estimate of drug-likeness (QED) is 0.860. The maximum Gasteiger partial charge on any atom is 0.253 e. The number of hydrogen-bond acceptors (Lipinski definition) is 3. The second kappa shape index (κ2) is 8.68. The molecule has 4 nitrogen and oxygen atoms in total. The second-order valence-electron chi connectivity index (χ2n) is 5.97. The summed E-state index contributed by atoms with van der Waals surface area (Å²) in [4.78, 5) is 15.0.